The van der Waals surface area contributed by atoms with Crippen LogP contribution in [-0.2, 0) is 4.79 Å². The van der Waals surface area contributed by atoms with Crippen LogP contribution in [0.3, 0.4) is 0 Å². The minimum atomic E-state index is -0.752. The average molecular weight is 250 g/mol. The molecule has 4 heteroatoms. The highest BCUT2D eigenvalue weighted by Gasteiger charge is 2.44. The smallest absolute Gasteiger partial charge is 0.245 e. The molecule has 3 nitrogen and oxygen atoms in total. The summed E-state index contributed by atoms with van der Waals surface area (Å²) in [7, 11) is 0. The second-order valence-electron chi connectivity index (χ2n) is 5.93. The van der Waals surface area contributed by atoms with E-state index in [2.05, 4.69) is 5.32 Å². The van der Waals surface area contributed by atoms with Gasteiger partial charge in [0.05, 0.1) is 11.2 Å². The fraction of sp³-hybridized carbons (Fsp3) is 0.500. The van der Waals surface area contributed by atoms with Crippen LogP contribution in [0.15, 0.2) is 24.3 Å². The quantitative estimate of drug-likeness (QED) is 0.829. The first-order valence-corrected chi connectivity index (χ1v) is 6.09. The molecular formula is C14H19FN2O. The zero-order chi connectivity index (χ0) is 13.6. The molecule has 0 bridgehead atoms. The van der Waals surface area contributed by atoms with E-state index in [0.29, 0.717) is 12.2 Å². The first kappa shape index (κ1) is 12.9. The van der Waals surface area contributed by atoms with Gasteiger partial charge in [-0.1, -0.05) is 12.1 Å². The number of hydrogen-bond donors (Lipinski definition) is 1. The van der Waals surface area contributed by atoms with Crippen molar-refractivity contribution in [3.8, 4) is 0 Å². The molecule has 0 spiro atoms. The van der Waals surface area contributed by atoms with Gasteiger partial charge in [-0.15, -0.1) is 0 Å². The summed E-state index contributed by atoms with van der Waals surface area (Å²) in [6.07, 6.45) is 0. The van der Waals surface area contributed by atoms with Gasteiger partial charge in [-0.05, 0) is 39.8 Å². The number of para-hydroxylation sites is 1. The van der Waals surface area contributed by atoms with Crippen LogP contribution < -0.4 is 10.2 Å². The standard InChI is InChI=1S/C14H19FN2O/c1-13(2)9-17(14(3,4)12(18)16-13)11-8-6-5-7-10(11)15/h5-8H,9H2,1-4H3,(H,16,18). The summed E-state index contributed by atoms with van der Waals surface area (Å²) in [5, 5.41) is 2.96. The van der Waals surface area contributed by atoms with Crippen LogP contribution >= 0.6 is 0 Å². The maximum atomic E-state index is 13.9. The molecule has 0 unspecified atom stereocenters. The number of nitrogens with one attached hydrogen (secondary N) is 1. The molecule has 0 aliphatic carbocycles. The molecule has 0 radical (unpaired) electrons. The van der Waals surface area contributed by atoms with E-state index in [0.717, 1.165) is 0 Å². The molecule has 1 saturated heterocycles. The molecule has 2 rings (SSSR count). The van der Waals surface area contributed by atoms with E-state index in [4.69, 9.17) is 0 Å². The third kappa shape index (κ3) is 2.07. The zero-order valence-electron chi connectivity index (χ0n) is 11.2. The molecule has 0 saturated carbocycles. The summed E-state index contributed by atoms with van der Waals surface area (Å²) >= 11 is 0. The second kappa shape index (κ2) is 3.97. The van der Waals surface area contributed by atoms with E-state index in [1.807, 2.05) is 32.6 Å². The van der Waals surface area contributed by atoms with Crippen molar-refractivity contribution in [2.24, 2.45) is 0 Å². The molecule has 1 amide bonds. The third-order valence-electron chi connectivity index (χ3n) is 3.38. The molecule has 1 fully saturated rings. The Balaban J connectivity index is 2.47. The minimum Gasteiger partial charge on any atom is -0.353 e. The Morgan fingerprint density at radius 3 is 2.44 bits per heavy atom. The monoisotopic (exact) mass is 250 g/mol. The van der Waals surface area contributed by atoms with E-state index in [9.17, 15) is 9.18 Å². The fourth-order valence-corrected chi connectivity index (χ4v) is 2.27. The van der Waals surface area contributed by atoms with Gasteiger partial charge in [0.2, 0.25) is 5.91 Å². The summed E-state index contributed by atoms with van der Waals surface area (Å²) in [5.41, 5.74) is -0.641. The number of carbonyl (C=O) groups excluding carboxylic acids is 1. The molecule has 0 aromatic heterocycles. The Morgan fingerprint density at radius 1 is 1.22 bits per heavy atom. The average Bonchev–Trinajstić information content (AvgIpc) is 2.24. The first-order chi connectivity index (χ1) is 8.24. The van der Waals surface area contributed by atoms with Crippen molar-refractivity contribution in [1.82, 2.24) is 5.32 Å². The summed E-state index contributed by atoms with van der Waals surface area (Å²) in [4.78, 5) is 14.0. The first-order valence-electron chi connectivity index (χ1n) is 6.09. The van der Waals surface area contributed by atoms with Crippen molar-refractivity contribution in [1.29, 1.82) is 0 Å². The molecule has 1 aliphatic heterocycles. The van der Waals surface area contributed by atoms with Crippen molar-refractivity contribution >= 4 is 11.6 Å². The lowest BCUT2D eigenvalue weighted by Gasteiger charge is -2.49. The normalized spacial score (nSPS) is 21.6. The Kier molecular flexibility index (Phi) is 2.84. The van der Waals surface area contributed by atoms with Crippen molar-refractivity contribution in [2.45, 2.75) is 38.8 Å². The number of benzene rings is 1. The number of hydrogen-bond acceptors (Lipinski definition) is 2. The van der Waals surface area contributed by atoms with Crippen LogP contribution in [0.5, 0.6) is 0 Å². The Hall–Kier alpha value is -1.58. The molecular weight excluding hydrogens is 231 g/mol. The van der Waals surface area contributed by atoms with Crippen LogP contribution in [0, 0.1) is 5.82 Å². The van der Waals surface area contributed by atoms with Crippen molar-refractivity contribution in [3.63, 3.8) is 0 Å². The molecule has 1 aliphatic rings. The summed E-state index contributed by atoms with van der Waals surface area (Å²) in [6.45, 7) is 8.07. The SMILES string of the molecule is CC1(C)CN(c2ccccc2F)C(C)(C)C(=O)N1. The summed E-state index contributed by atoms with van der Waals surface area (Å²) in [5.74, 6) is -0.377. The van der Waals surface area contributed by atoms with Gasteiger partial charge in [-0.2, -0.15) is 0 Å². The molecule has 0 atom stereocenters. The Bertz CT molecular complexity index is 482. The molecule has 1 heterocycles. The summed E-state index contributed by atoms with van der Waals surface area (Å²) < 4.78 is 13.9. The van der Waals surface area contributed by atoms with E-state index in [-0.39, 0.29) is 17.3 Å². The summed E-state index contributed by atoms with van der Waals surface area (Å²) in [6, 6.07) is 6.58. The lowest BCUT2D eigenvalue weighted by Crippen LogP contribution is -2.69. The van der Waals surface area contributed by atoms with Crippen LogP contribution in [0.25, 0.3) is 0 Å². The number of carbonyl (C=O) groups is 1. The number of nitrogens with zero attached hydrogens (tertiary/aromatic N) is 1. The van der Waals surface area contributed by atoms with Gasteiger partial charge in [-0.3, -0.25) is 4.79 Å². The maximum absolute atomic E-state index is 13.9. The third-order valence-corrected chi connectivity index (χ3v) is 3.38. The van der Waals surface area contributed by atoms with Crippen molar-refractivity contribution < 1.29 is 9.18 Å². The van der Waals surface area contributed by atoms with Gasteiger partial charge in [0.25, 0.3) is 0 Å². The number of halogens is 1. The second-order valence-corrected chi connectivity index (χ2v) is 5.93. The van der Waals surface area contributed by atoms with E-state index >= 15 is 0 Å². The number of rotatable bonds is 1. The van der Waals surface area contributed by atoms with Crippen LogP contribution in [-0.4, -0.2) is 23.5 Å². The van der Waals surface area contributed by atoms with Crippen LogP contribution in [0.2, 0.25) is 0 Å². The van der Waals surface area contributed by atoms with Crippen LogP contribution in [0.1, 0.15) is 27.7 Å². The molecule has 1 aromatic rings. The van der Waals surface area contributed by atoms with Crippen LogP contribution in [0.4, 0.5) is 10.1 Å². The van der Waals surface area contributed by atoms with Gasteiger partial charge >= 0.3 is 0 Å². The van der Waals surface area contributed by atoms with Gasteiger partial charge in [0.1, 0.15) is 11.4 Å². The molecule has 98 valence electrons. The highest BCUT2D eigenvalue weighted by molar-refractivity contribution is 5.91. The number of anilines is 1. The number of piperazine rings is 1. The van der Waals surface area contributed by atoms with Gasteiger partial charge < -0.3 is 10.2 Å². The van der Waals surface area contributed by atoms with E-state index in [1.165, 1.54) is 6.07 Å². The highest BCUT2D eigenvalue weighted by Crippen LogP contribution is 2.31. The van der Waals surface area contributed by atoms with Gasteiger partial charge in [0, 0.05) is 6.54 Å². The van der Waals surface area contributed by atoms with Gasteiger partial charge in [-0.25, -0.2) is 4.39 Å². The molecule has 1 N–H and O–H groups in total. The fourth-order valence-electron chi connectivity index (χ4n) is 2.27. The van der Waals surface area contributed by atoms with E-state index in [1.54, 1.807) is 18.2 Å². The lowest BCUT2D eigenvalue weighted by molar-refractivity contribution is -0.128. The predicted molar refractivity (Wildman–Crippen MR) is 70.0 cm³/mol. The lowest BCUT2D eigenvalue weighted by atomic mass is 9.90. The Morgan fingerprint density at radius 2 is 1.83 bits per heavy atom. The maximum Gasteiger partial charge on any atom is 0.245 e. The zero-order valence-corrected chi connectivity index (χ0v) is 11.2. The topological polar surface area (TPSA) is 32.3 Å². The predicted octanol–water partition coefficient (Wildman–Crippen LogP) is 2.32. The Labute approximate surface area is 107 Å². The molecule has 1 aromatic carbocycles. The van der Waals surface area contributed by atoms with Gasteiger partial charge in [0.15, 0.2) is 0 Å². The minimum absolute atomic E-state index is 0.0815. The highest BCUT2D eigenvalue weighted by atomic mass is 19.1. The van der Waals surface area contributed by atoms with Crippen molar-refractivity contribution in [2.75, 3.05) is 11.4 Å². The van der Waals surface area contributed by atoms with E-state index < -0.39 is 5.54 Å². The largest absolute Gasteiger partial charge is 0.353 e. The number of amides is 1. The molecule has 18 heavy (non-hydrogen) atoms. The van der Waals surface area contributed by atoms with Crippen molar-refractivity contribution in [3.05, 3.63) is 30.1 Å².